The van der Waals surface area contributed by atoms with Crippen LogP contribution in [-0.4, -0.2) is 105 Å². The average Bonchev–Trinajstić information content (AvgIpc) is 4.14. The summed E-state index contributed by atoms with van der Waals surface area (Å²) in [6.45, 7) is 1.77. The Kier molecular flexibility index (Phi) is 16.6. The molecule has 0 spiro atoms. The van der Waals surface area contributed by atoms with Gasteiger partial charge in [0.25, 0.3) is 17.4 Å². The van der Waals surface area contributed by atoms with E-state index in [-0.39, 0.29) is 68.5 Å². The first kappa shape index (κ1) is 55.6. The highest BCUT2D eigenvalue weighted by molar-refractivity contribution is 6.12. The summed E-state index contributed by atoms with van der Waals surface area (Å²) in [7, 11) is 0. The van der Waals surface area contributed by atoms with E-state index < -0.39 is 90.3 Å². The highest BCUT2D eigenvalue weighted by Gasteiger charge is 2.46. The number of rotatable bonds is 21. The third-order valence-electron chi connectivity index (χ3n) is 14.7. The van der Waals surface area contributed by atoms with E-state index in [0.29, 0.717) is 87.9 Å². The van der Waals surface area contributed by atoms with Gasteiger partial charge in [0.15, 0.2) is 5.60 Å². The van der Waals surface area contributed by atoms with Gasteiger partial charge in [-0.25, -0.2) is 19.0 Å². The predicted molar refractivity (Wildman–Crippen MR) is 284 cm³/mol. The number of alkyl carbamates (subject to hydrolysis) is 1. The molecular weight excluding hydrogens is 1040 g/mol. The number of nitrogens with zero attached hydrogens (tertiary/aromatic N) is 3. The number of aryl methyl sites for hydroxylation is 1. The molecule has 0 fully saturated rings. The van der Waals surface area contributed by atoms with Crippen molar-refractivity contribution in [3.8, 4) is 11.4 Å². The molecule has 0 saturated carbocycles. The minimum atomic E-state index is -2.05. The number of anilines is 1. The molecule has 5 aromatic rings. The fraction of sp³-hybridized carbons (Fsp3) is 0.351. The maximum atomic E-state index is 15.4. The predicted octanol–water partition coefficient (Wildman–Crippen LogP) is 2.94. The fourth-order valence-corrected chi connectivity index (χ4v) is 10.4. The molecular formula is C57H58FN9O13. The highest BCUT2D eigenvalue weighted by atomic mass is 19.1. The lowest BCUT2D eigenvalue weighted by Gasteiger charge is -2.31. The van der Waals surface area contributed by atoms with Gasteiger partial charge in [-0.15, -0.1) is 0 Å². The van der Waals surface area contributed by atoms with Crippen LogP contribution < -0.4 is 37.5 Å². The molecule has 2 aromatic heterocycles. The van der Waals surface area contributed by atoms with Gasteiger partial charge < -0.3 is 51.0 Å². The minimum absolute atomic E-state index is 0.0423. The van der Waals surface area contributed by atoms with Crippen LogP contribution in [0.25, 0.3) is 22.3 Å². The number of cyclic esters (lactones) is 1. The molecule has 1 aliphatic carbocycles. The summed E-state index contributed by atoms with van der Waals surface area (Å²) in [6.07, 6.45) is 4.14. The molecule has 0 radical (unpaired) electrons. The number of carbonyl (C=O) groups is 9. The standard InChI is InChI=1S/C57H58FN9O13/c1-3-57(78)38-23-43-52-36(28-67(43)54(75)37(38)30-79-55(57)76)51-40(18-17-35-31(2)39(58)24-41(64-52)50(35)51)65-56(77)80-29-33-13-15-34(16-14-33)62-46(70)27-61-53(74)42(22-32-10-6-4-7-11-32)63-47(71)26-60-45(69)25-59-44(68)12-8-5-9-21-66-48(72)19-20-49(66)73/h4,6-7,10-11,13-16,19-20,23-24,40,42,78H,3,5,8-9,12,17-18,21-22,25-30H2,1-2H3,(H,59,68)(H,60,69)(H,61,74)(H,62,70)(H,63,71)(H,65,77)/t40-,42-,57-/m0/s1. The van der Waals surface area contributed by atoms with Crippen LogP contribution >= 0.6 is 0 Å². The van der Waals surface area contributed by atoms with Gasteiger partial charge >= 0.3 is 12.1 Å². The van der Waals surface area contributed by atoms with Crippen molar-refractivity contribution in [1.82, 2.24) is 41.0 Å². The number of aliphatic hydroxyl groups is 1. The molecule has 3 aliphatic heterocycles. The number of nitrogens with one attached hydrogen (secondary N) is 6. The molecule has 8 amide bonds. The van der Waals surface area contributed by atoms with Crippen LogP contribution in [0.3, 0.4) is 0 Å². The molecule has 5 heterocycles. The summed E-state index contributed by atoms with van der Waals surface area (Å²) >= 11 is 0. The Bertz CT molecular complexity index is 3440. The van der Waals surface area contributed by atoms with E-state index in [9.17, 15) is 53.1 Å². The molecule has 7 N–H and O–H groups in total. The van der Waals surface area contributed by atoms with Crippen LogP contribution in [0.2, 0.25) is 0 Å². The van der Waals surface area contributed by atoms with Crippen LogP contribution in [0.1, 0.15) is 96.0 Å². The lowest BCUT2D eigenvalue weighted by molar-refractivity contribution is -0.172. The molecule has 80 heavy (non-hydrogen) atoms. The first-order chi connectivity index (χ1) is 38.4. The number of hydrogen-bond donors (Lipinski definition) is 7. The zero-order valence-electron chi connectivity index (χ0n) is 43.8. The van der Waals surface area contributed by atoms with Gasteiger partial charge in [0.2, 0.25) is 29.5 Å². The summed E-state index contributed by atoms with van der Waals surface area (Å²) in [5.74, 6) is -5.05. The van der Waals surface area contributed by atoms with Gasteiger partial charge in [0, 0.05) is 59.8 Å². The van der Waals surface area contributed by atoms with Crippen molar-refractivity contribution in [2.45, 2.75) is 103 Å². The fourth-order valence-electron chi connectivity index (χ4n) is 10.4. The number of halogens is 1. The molecule has 0 saturated heterocycles. The van der Waals surface area contributed by atoms with Crippen molar-refractivity contribution >= 4 is 70.0 Å². The van der Waals surface area contributed by atoms with Crippen LogP contribution in [-0.2, 0) is 86.0 Å². The number of imide groups is 1. The smallest absolute Gasteiger partial charge is 0.407 e. The lowest BCUT2D eigenvalue weighted by Crippen LogP contribution is -2.52. The summed E-state index contributed by atoms with van der Waals surface area (Å²) in [5.41, 5.74) is 2.93. The Morgan fingerprint density at radius 2 is 1.55 bits per heavy atom. The quantitative estimate of drug-likeness (QED) is 0.0310. The first-order valence-electron chi connectivity index (χ1n) is 26.2. The van der Waals surface area contributed by atoms with Crippen molar-refractivity contribution in [3.05, 3.63) is 140 Å². The second-order valence-corrected chi connectivity index (χ2v) is 19.9. The number of benzene rings is 3. The largest absolute Gasteiger partial charge is 0.458 e. The number of unbranched alkanes of at least 4 members (excludes halogenated alkanes) is 2. The second kappa shape index (κ2) is 23.9. The number of esters is 1. The zero-order valence-corrected chi connectivity index (χ0v) is 43.8. The maximum absolute atomic E-state index is 15.4. The number of pyridine rings is 2. The molecule has 4 aliphatic rings. The third kappa shape index (κ3) is 12.0. The molecule has 9 rings (SSSR count). The lowest BCUT2D eigenvalue weighted by atomic mass is 9.81. The third-order valence-corrected chi connectivity index (χ3v) is 14.7. The average molecular weight is 1100 g/mol. The highest BCUT2D eigenvalue weighted by Crippen LogP contribution is 2.46. The number of hydrogen-bond acceptors (Lipinski definition) is 14. The van der Waals surface area contributed by atoms with Crippen molar-refractivity contribution in [1.29, 1.82) is 0 Å². The number of carbonyl (C=O) groups excluding carboxylic acids is 9. The molecule has 22 nitrogen and oxygen atoms in total. The van der Waals surface area contributed by atoms with Crippen molar-refractivity contribution in [3.63, 3.8) is 0 Å². The number of ether oxygens (including phenoxy) is 2. The van der Waals surface area contributed by atoms with E-state index in [1.807, 2.05) is 0 Å². The van der Waals surface area contributed by atoms with Crippen molar-refractivity contribution < 1.29 is 62.1 Å². The molecule has 0 unspecified atom stereocenters. The zero-order chi connectivity index (χ0) is 56.8. The minimum Gasteiger partial charge on any atom is -0.458 e. The summed E-state index contributed by atoms with van der Waals surface area (Å²) in [5, 5.41) is 27.7. The van der Waals surface area contributed by atoms with Gasteiger partial charge in [-0.1, -0.05) is 55.8 Å². The SMILES string of the molecule is CC[C@@]1(O)C(=O)OCc2c1cc1n(c2=O)Cc2c-1nc1cc(F)c(C)c3c1c2[C@@H](NC(=O)OCc1ccc(NC(=O)CNC(=O)[C@H](Cc2ccccc2)NC(=O)CNC(=O)CNC(=O)CCCCCN2C(=O)C=CC2=O)cc1)CC3. The Hall–Kier alpha value is -9.12. The molecule has 0 bridgehead atoms. The van der Waals surface area contributed by atoms with Gasteiger partial charge in [-0.2, -0.15) is 0 Å². The van der Waals surface area contributed by atoms with Crippen molar-refractivity contribution in [2.75, 3.05) is 31.5 Å². The van der Waals surface area contributed by atoms with Crippen LogP contribution in [0.5, 0.6) is 0 Å². The number of aromatic nitrogens is 2. The Labute approximate surface area is 456 Å². The second-order valence-electron chi connectivity index (χ2n) is 19.9. The maximum Gasteiger partial charge on any atom is 0.407 e. The molecule has 23 heteroatoms. The molecule has 416 valence electrons. The van der Waals surface area contributed by atoms with E-state index in [0.717, 1.165) is 10.5 Å². The normalized spacial score (nSPS) is 16.9. The summed E-state index contributed by atoms with van der Waals surface area (Å²) in [4.78, 5) is 134. The van der Waals surface area contributed by atoms with Crippen LogP contribution in [0.4, 0.5) is 14.9 Å². The van der Waals surface area contributed by atoms with Gasteiger partial charge in [0.1, 0.15) is 25.1 Å². The van der Waals surface area contributed by atoms with E-state index in [2.05, 4.69) is 31.9 Å². The van der Waals surface area contributed by atoms with Crippen LogP contribution in [0, 0.1) is 12.7 Å². The van der Waals surface area contributed by atoms with Gasteiger partial charge in [-0.05, 0) is 85.0 Å². The number of fused-ring (bicyclic) bond motifs is 5. The van der Waals surface area contributed by atoms with E-state index >= 15 is 4.39 Å². The Balaban J connectivity index is 0.751. The first-order valence-corrected chi connectivity index (χ1v) is 26.2. The van der Waals surface area contributed by atoms with Crippen LogP contribution in [0.15, 0.2) is 83.7 Å². The summed E-state index contributed by atoms with van der Waals surface area (Å²) in [6, 6.07) is 16.4. The van der Waals surface area contributed by atoms with E-state index in [4.69, 9.17) is 14.5 Å². The van der Waals surface area contributed by atoms with Gasteiger partial charge in [0.05, 0.1) is 54.7 Å². The Morgan fingerprint density at radius 1 is 0.838 bits per heavy atom. The van der Waals surface area contributed by atoms with E-state index in [1.54, 1.807) is 74.5 Å². The van der Waals surface area contributed by atoms with Crippen molar-refractivity contribution in [2.24, 2.45) is 0 Å². The monoisotopic (exact) mass is 1100 g/mol. The van der Waals surface area contributed by atoms with Gasteiger partial charge in [-0.3, -0.25) is 43.3 Å². The number of amides is 8. The topological polar surface area (TPSA) is 303 Å². The van der Waals surface area contributed by atoms with E-state index in [1.165, 1.54) is 22.8 Å². The Morgan fingerprint density at radius 3 is 2.29 bits per heavy atom. The molecule has 3 aromatic carbocycles. The molecule has 3 atom stereocenters. The summed E-state index contributed by atoms with van der Waals surface area (Å²) < 4.78 is 27.8.